The Hall–Kier alpha value is -2.31. The van der Waals surface area contributed by atoms with Crippen LogP contribution < -0.4 is 3.27 Å². The summed E-state index contributed by atoms with van der Waals surface area (Å²) in [5.41, 5.74) is 9.94. The van der Waals surface area contributed by atoms with Gasteiger partial charge in [-0.15, -0.1) is 24.8 Å². The van der Waals surface area contributed by atoms with Crippen molar-refractivity contribution >= 4 is 32.3 Å². The minimum atomic E-state index is -3.31. The van der Waals surface area contributed by atoms with Crippen LogP contribution in [0.15, 0.2) is 119 Å². The van der Waals surface area contributed by atoms with Gasteiger partial charge in [-0.1, -0.05) is 0 Å². The molecule has 0 saturated heterocycles. The summed E-state index contributed by atoms with van der Waals surface area (Å²) >= 11 is -3.31. The molecule has 0 radical (unpaired) electrons. The molecule has 35 heavy (non-hydrogen) atoms. The fraction of sp³-hybridized carbons (Fsp3) is 0.0938. The van der Waals surface area contributed by atoms with Gasteiger partial charge in [0.05, 0.1) is 0 Å². The first-order valence-corrected chi connectivity index (χ1v) is 17.7. The Morgan fingerprint density at radius 1 is 0.686 bits per heavy atom. The SMILES string of the molecule is Cl.Cl.[CH2]=[Zr]([CH2]c1ccccc1)([C]1=CC=CC1)[c]1c(-c2ccccc2)ccc2c1Cc1ccccc1-2. The van der Waals surface area contributed by atoms with E-state index >= 15 is 0 Å². The van der Waals surface area contributed by atoms with E-state index in [0.717, 1.165) is 17.0 Å². The number of benzene rings is 4. The van der Waals surface area contributed by atoms with Crippen LogP contribution in [0, 0.1) is 0 Å². The molecular weight excluding hydrogens is 546 g/mol. The second-order valence-electron chi connectivity index (χ2n) is 9.28. The Bertz CT molecular complexity index is 1450. The van der Waals surface area contributed by atoms with Gasteiger partial charge < -0.3 is 0 Å². The normalized spacial score (nSPS) is 14.7. The molecule has 3 heteroatoms. The summed E-state index contributed by atoms with van der Waals surface area (Å²) in [6, 6.07) is 35.7. The summed E-state index contributed by atoms with van der Waals surface area (Å²) in [6.45, 7) is 0. The van der Waals surface area contributed by atoms with Gasteiger partial charge in [-0.2, -0.15) is 0 Å². The molecule has 0 nitrogen and oxygen atoms in total. The van der Waals surface area contributed by atoms with E-state index in [1.165, 1.54) is 38.9 Å². The zero-order chi connectivity index (χ0) is 22.3. The molecule has 0 amide bonds. The molecule has 1 atom stereocenters. The van der Waals surface area contributed by atoms with Crippen molar-refractivity contribution in [1.29, 1.82) is 0 Å². The van der Waals surface area contributed by atoms with E-state index in [1.54, 1.807) is 6.55 Å². The summed E-state index contributed by atoms with van der Waals surface area (Å²) in [5.74, 6) is 0. The molecule has 0 heterocycles. The van der Waals surface area contributed by atoms with E-state index in [1.807, 2.05) is 0 Å². The van der Waals surface area contributed by atoms with E-state index in [-0.39, 0.29) is 24.8 Å². The Labute approximate surface area is 225 Å². The summed E-state index contributed by atoms with van der Waals surface area (Å²) in [6.07, 6.45) is 9.03. The molecule has 0 bridgehead atoms. The second-order valence-corrected chi connectivity index (χ2v) is 18.3. The predicted octanol–water partition coefficient (Wildman–Crippen LogP) is 8.02. The first-order valence-electron chi connectivity index (χ1n) is 11.8. The zero-order valence-corrected chi connectivity index (χ0v) is 23.7. The molecule has 0 spiro atoms. The van der Waals surface area contributed by atoms with Crippen molar-refractivity contribution in [3.63, 3.8) is 0 Å². The molecule has 175 valence electrons. The first kappa shape index (κ1) is 25.8. The van der Waals surface area contributed by atoms with Crippen LogP contribution in [-0.2, 0) is 30.3 Å². The predicted molar refractivity (Wildman–Crippen MR) is 153 cm³/mol. The van der Waals surface area contributed by atoms with Crippen molar-refractivity contribution in [2.24, 2.45) is 0 Å². The van der Waals surface area contributed by atoms with Crippen molar-refractivity contribution in [2.45, 2.75) is 17.0 Å². The summed E-state index contributed by atoms with van der Waals surface area (Å²) < 4.78 is 9.54. The quantitative estimate of drug-likeness (QED) is 0.199. The fourth-order valence-electron chi connectivity index (χ4n) is 5.73. The van der Waals surface area contributed by atoms with Gasteiger partial charge in [0, 0.05) is 0 Å². The van der Waals surface area contributed by atoms with Gasteiger partial charge in [0.25, 0.3) is 0 Å². The fourth-order valence-corrected chi connectivity index (χ4v) is 15.9. The van der Waals surface area contributed by atoms with Gasteiger partial charge in [-0.05, 0) is 0 Å². The molecule has 0 fully saturated rings. The van der Waals surface area contributed by atoms with Crippen LogP contribution in [0.2, 0.25) is 0 Å². The zero-order valence-electron chi connectivity index (χ0n) is 19.6. The third-order valence-electron chi connectivity index (χ3n) is 7.29. The molecule has 0 aliphatic heterocycles. The average Bonchev–Trinajstić information content (AvgIpc) is 3.53. The van der Waals surface area contributed by atoms with Gasteiger partial charge >= 0.3 is 202 Å². The topological polar surface area (TPSA) is 0 Å². The van der Waals surface area contributed by atoms with E-state index in [9.17, 15) is 0 Å². The Morgan fingerprint density at radius 3 is 2.06 bits per heavy atom. The Morgan fingerprint density at radius 2 is 1.34 bits per heavy atom. The third kappa shape index (κ3) is 4.63. The monoisotopic (exact) mass is 573 g/mol. The summed E-state index contributed by atoms with van der Waals surface area (Å²) in [4.78, 5) is 0. The van der Waals surface area contributed by atoms with Crippen LogP contribution in [0.4, 0.5) is 0 Å². The minimum absolute atomic E-state index is 0. The molecule has 2 aliphatic rings. The van der Waals surface area contributed by atoms with E-state index in [2.05, 4.69) is 115 Å². The number of halogens is 2. The van der Waals surface area contributed by atoms with Crippen molar-refractivity contribution in [2.75, 3.05) is 0 Å². The van der Waals surface area contributed by atoms with Gasteiger partial charge in [0.2, 0.25) is 0 Å². The number of fused-ring (bicyclic) bond motifs is 3. The number of rotatable bonds is 5. The summed E-state index contributed by atoms with van der Waals surface area (Å²) in [7, 11) is 0. The molecule has 2 aliphatic carbocycles. The van der Waals surface area contributed by atoms with Gasteiger partial charge in [0.1, 0.15) is 0 Å². The molecule has 0 saturated carbocycles. The van der Waals surface area contributed by atoms with Gasteiger partial charge in [-0.25, -0.2) is 0 Å². The number of allylic oxidation sites excluding steroid dienone is 4. The van der Waals surface area contributed by atoms with Crippen molar-refractivity contribution in [3.05, 3.63) is 135 Å². The molecule has 0 aromatic heterocycles. The van der Waals surface area contributed by atoms with E-state index in [0.29, 0.717) is 0 Å². The third-order valence-corrected chi connectivity index (χ3v) is 17.5. The molecule has 1 unspecified atom stereocenters. The van der Waals surface area contributed by atoms with Crippen LogP contribution in [0.3, 0.4) is 0 Å². The van der Waals surface area contributed by atoms with Crippen molar-refractivity contribution in [3.8, 4) is 22.3 Å². The van der Waals surface area contributed by atoms with E-state index < -0.39 is 19.8 Å². The Kier molecular flexibility index (Phi) is 7.92. The number of hydrogen-bond acceptors (Lipinski definition) is 0. The van der Waals surface area contributed by atoms with Crippen LogP contribution in [-0.4, -0.2) is 4.21 Å². The van der Waals surface area contributed by atoms with Crippen LogP contribution in [0.1, 0.15) is 23.1 Å². The van der Waals surface area contributed by atoms with Crippen LogP contribution in [0.5, 0.6) is 0 Å². The second kappa shape index (κ2) is 10.8. The van der Waals surface area contributed by atoms with E-state index in [4.69, 9.17) is 4.21 Å². The van der Waals surface area contributed by atoms with Crippen LogP contribution >= 0.6 is 24.8 Å². The van der Waals surface area contributed by atoms with Gasteiger partial charge in [-0.3, -0.25) is 0 Å². The average molecular weight is 576 g/mol. The summed E-state index contributed by atoms with van der Waals surface area (Å²) in [5, 5.41) is 0. The maximum absolute atomic E-state index is 5.25. The molecule has 4 aromatic carbocycles. The molecular formula is C32H29Cl2Zr. The molecule has 0 N–H and O–H groups in total. The number of hydrogen-bond donors (Lipinski definition) is 0. The van der Waals surface area contributed by atoms with Crippen molar-refractivity contribution in [1.82, 2.24) is 0 Å². The first-order chi connectivity index (χ1) is 16.2. The molecule has 4 aromatic rings. The van der Waals surface area contributed by atoms with Gasteiger partial charge in [0.15, 0.2) is 0 Å². The Balaban J connectivity index is 0.00000144. The standard InChI is InChI=1S/C19H13.C7H7.C5H5.CH2.2ClH.Zr/c1-2-6-14(7-3-1)15-10-11-19-17(12-15)13-16-8-4-5-9-18(16)19;1-7-5-3-2-4-6-7;1-2-4-5-3-1;;;;/h1-11H,13H2;2-6H,1H2;1-3H,4H2;1H2;2*1H;. The maximum atomic E-state index is 5.25. The van der Waals surface area contributed by atoms with Crippen LogP contribution in [0.25, 0.3) is 22.3 Å². The molecule has 6 rings (SSSR count). The van der Waals surface area contributed by atoms with Crippen molar-refractivity contribution < 1.29 is 19.8 Å².